The Morgan fingerprint density at radius 3 is 2.90 bits per heavy atom. The van der Waals surface area contributed by atoms with Gasteiger partial charge in [-0.1, -0.05) is 34.1 Å². The summed E-state index contributed by atoms with van der Waals surface area (Å²) in [5.41, 5.74) is 4.86. The smallest absolute Gasteiger partial charge is 0.123 e. The average molecular weight is 351 g/mol. The van der Waals surface area contributed by atoms with Gasteiger partial charge in [-0.2, -0.15) is 0 Å². The Kier molecular flexibility index (Phi) is 4.24. The second-order valence-electron chi connectivity index (χ2n) is 5.18. The molecule has 2 unspecified atom stereocenters. The lowest BCUT2D eigenvalue weighted by atomic mass is 9.98. The van der Waals surface area contributed by atoms with Gasteiger partial charge in [-0.15, -0.1) is 0 Å². The molecule has 2 atom stereocenters. The molecule has 0 aliphatic carbocycles. The normalized spacial score (nSPS) is 18.1. The number of benzene rings is 2. The minimum atomic E-state index is -0.250. The van der Waals surface area contributed by atoms with Crippen molar-refractivity contribution in [2.75, 3.05) is 0 Å². The zero-order valence-corrected chi connectivity index (χ0v) is 12.9. The first-order valence-electron chi connectivity index (χ1n) is 6.82. The van der Waals surface area contributed by atoms with Crippen molar-refractivity contribution >= 4 is 15.9 Å². The molecular formula is C16H16BrFN2O. The predicted molar refractivity (Wildman–Crippen MR) is 83.5 cm³/mol. The van der Waals surface area contributed by atoms with Gasteiger partial charge in [0.05, 0.1) is 6.04 Å². The van der Waals surface area contributed by atoms with Gasteiger partial charge in [0.25, 0.3) is 0 Å². The molecule has 5 heteroatoms. The molecule has 0 aromatic heterocycles. The summed E-state index contributed by atoms with van der Waals surface area (Å²) in [5, 5.41) is 0. The first-order chi connectivity index (χ1) is 10.2. The molecule has 110 valence electrons. The molecule has 1 aliphatic rings. The maximum atomic E-state index is 13.4. The van der Waals surface area contributed by atoms with Crippen molar-refractivity contribution in [2.24, 2.45) is 5.84 Å². The highest BCUT2D eigenvalue weighted by atomic mass is 79.9. The Hall–Kier alpha value is -1.43. The van der Waals surface area contributed by atoms with E-state index in [-0.39, 0.29) is 18.0 Å². The van der Waals surface area contributed by atoms with Crippen LogP contribution in [0.15, 0.2) is 46.9 Å². The minimum absolute atomic E-state index is 0.0532. The molecule has 2 aromatic carbocycles. The summed E-state index contributed by atoms with van der Waals surface area (Å²) in [7, 11) is 0. The molecule has 0 bridgehead atoms. The van der Waals surface area contributed by atoms with Gasteiger partial charge in [-0.3, -0.25) is 11.3 Å². The van der Waals surface area contributed by atoms with Crippen LogP contribution in [0.3, 0.4) is 0 Å². The van der Waals surface area contributed by atoms with E-state index >= 15 is 0 Å². The van der Waals surface area contributed by atoms with Crippen molar-refractivity contribution in [2.45, 2.75) is 25.0 Å². The topological polar surface area (TPSA) is 47.3 Å². The molecule has 2 aromatic rings. The van der Waals surface area contributed by atoms with Gasteiger partial charge >= 0.3 is 0 Å². The molecule has 0 saturated carbocycles. The summed E-state index contributed by atoms with van der Waals surface area (Å²) >= 11 is 3.45. The summed E-state index contributed by atoms with van der Waals surface area (Å²) in [5.74, 6) is 6.34. The summed E-state index contributed by atoms with van der Waals surface area (Å²) in [6.07, 6.45) is 1.34. The average Bonchev–Trinajstić information content (AvgIpc) is 2.91. The number of para-hydroxylation sites is 1. The Bertz CT molecular complexity index is 625. The van der Waals surface area contributed by atoms with E-state index in [1.165, 1.54) is 17.7 Å². The van der Waals surface area contributed by atoms with Gasteiger partial charge in [0.1, 0.15) is 17.7 Å². The number of ether oxygens (including phenoxy) is 1. The number of nitrogens with two attached hydrogens (primary N) is 1. The van der Waals surface area contributed by atoms with Crippen molar-refractivity contribution in [1.82, 2.24) is 5.43 Å². The van der Waals surface area contributed by atoms with Crippen LogP contribution in [0.1, 0.15) is 11.1 Å². The van der Waals surface area contributed by atoms with E-state index in [2.05, 4.69) is 27.4 Å². The number of rotatable bonds is 4. The molecule has 3 N–H and O–H groups in total. The highest BCUT2D eigenvalue weighted by Crippen LogP contribution is 2.30. The van der Waals surface area contributed by atoms with Crippen LogP contribution in [0.4, 0.5) is 4.39 Å². The van der Waals surface area contributed by atoms with Gasteiger partial charge in [0.2, 0.25) is 0 Å². The van der Waals surface area contributed by atoms with Gasteiger partial charge in [0.15, 0.2) is 0 Å². The lowest BCUT2D eigenvalue weighted by molar-refractivity contribution is 0.177. The molecule has 1 heterocycles. The highest BCUT2D eigenvalue weighted by Gasteiger charge is 2.30. The van der Waals surface area contributed by atoms with E-state index in [0.29, 0.717) is 6.42 Å². The Labute approximate surface area is 131 Å². The van der Waals surface area contributed by atoms with Crippen molar-refractivity contribution < 1.29 is 9.13 Å². The summed E-state index contributed by atoms with van der Waals surface area (Å²) in [6.45, 7) is 0. The van der Waals surface area contributed by atoms with E-state index in [1.807, 2.05) is 18.2 Å². The van der Waals surface area contributed by atoms with E-state index in [1.54, 1.807) is 6.07 Å². The molecular weight excluding hydrogens is 335 g/mol. The fraction of sp³-hybridized carbons (Fsp3) is 0.250. The van der Waals surface area contributed by atoms with E-state index in [9.17, 15) is 4.39 Å². The largest absolute Gasteiger partial charge is 0.488 e. The van der Waals surface area contributed by atoms with E-state index < -0.39 is 0 Å². The molecule has 0 saturated heterocycles. The number of hydrogen-bond donors (Lipinski definition) is 2. The second-order valence-corrected chi connectivity index (χ2v) is 6.04. The standard InChI is InChI=1S/C16H16BrFN2O/c17-13-6-5-12(18)7-11(13)8-14(20-19)16-9-10-3-1-2-4-15(10)21-16/h1-7,14,16,20H,8-9,19H2. The molecule has 0 fully saturated rings. The van der Waals surface area contributed by atoms with Gasteiger partial charge < -0.3 is 4.74 Å². The number of fused-ring (bicyclic) bond motifs is 1. The maximum absolute atomic E-state index is 13.4. The molecule has 1 aliphatic heterocycles. The molecule has 3 rings (SSSR count). The van der Waals surface area contributed by atoms with Gasteiger partial charge in [0, 0.05) is 10.9 Å². The first kappa shape index (κ1) is 14.5. The predicted octanol–water partition coefficient (Wildman–Crippen LogP) is 2.97. The van der Waals surface area contributed by atoms with Crippen LogP contribution in [0, 0.1) is 5.82 Å². The Morgan fingerprint density at radius 1 is 1.33 bits per heavy atom. The van der Waals surface area contributed by atoms with Crippen LogP contribution in [-0.2, 0) is 12.8 Å². The van der Waals surface area contributed by atoms with Crippen LogP contribution in [0.25, 0.3) is 0 Å². The molecule has 21 heavy (non-hydrogen) atoms. The van der Waals surface area contributed by atoms with Gasteiger partial charge in [-0.05, 0) is 41.8 Å². The Balaban J connectivity index is 1.76. The fourth-order valence-corrected chi connectivity index (χ4v) is 3.08. The van der Waals surface area contributed by atoms with Crippen LogP contribution >= 0.6 is 15.9 Å². The fourth-order valence-electron chi connectivity index (χ4n) is 2.67. The maximum Gasteiger partial charge on any atom is 0.123 e. The van der Waals surface area contributed by atoms with Crippen molar-refractivity contribution in [3.8, 4) is 5.75 Å². The lowest BCUT2D eigenvalue weighted by Gasteiger charge is -2.23. The van der Waals surface area contributed by atoms with Gasteiger partial charge in [-0.25, -0.2) is 4.39 Å². The lowest BCUT2D eigenvalue weighted by Crippen LogP contribution is -2.47. The number of hydrogen-bond acceptors (Lipinski definition) is 3. The van der Waals surface area contributed by atoms with Crippen LogP contribution in [-0.4, -0.2) is 12.1 Å². The summed E-state index contributed by atoms with van der Waals surface area (Å²) in [6, 6.07) is 12.5. The third kappa shape index (κ3) is 3.10. The second kappa shape index (κ2) is 6.13. The number of hydrazine groups is 1. The summed E-state index contributed by atoms with van der Waals surface area (Å²) in [4.78, 5) is 0. The van der Waals surface area contributed by atoms with Crippen LogP contribution in [0.5, 0.6) is 5.75 Å². The SMILES string of the molecule is NNC(Cc1cc(F)ccc1Br)C1Cc2ccccc2O1. The third-order valence-electron chi connectivity index (χ3n) is 3.78. The quantitative estimate of drug-likeness (QED) is 0.658. The van der Waals surface area contributed by atoms with Crippen LogP contribution < -0.4 is 16.0 Å². The molecule has 0 radical (unpaired) electrons. The third-order valence-corrected chi connectivity index (χ3v) is 4.56. The molecule has 0 amide bonds. The first-order valence-corrected chi connectivity index (χ1v) is 7.61. The van der Waals surface area contributed by atoms with Crippen molar-refractivity contribution in [3.63, 3.8) is 0 Å². The minimum Gasteiger partial charge on any atom is -0.488 e. The molecule has 3 nitrogen and oxygen atoms in total. The Morgan fingerprint density at radius 2 is 2.14 bits per heavy atom. The van der Waals surface area contributed by atoms with E-state index in [0.717, 1.165) is 22.2 Å². The summed E-state index contributed by atoms with van der Waals surface area (Å²) < 4.78 is 20.2. The van der Waals surface area contributed by atoms with Crippen LogP contribution in [0.2, 0.25) is 0 Å². The highest BCUT2D eigenvalue weighted by molar-refractivity contribution is 9.10. The monoisotopic (exact) mass is 350 g/mol. The van der Waals surface area contributed by atoms with Crippen molar-refractivity contribution in [1.29, 1.82) is 0 Å². The number of halogens is 2. The van der Waals surface area contributed by atoms with Crippen molar-refractivity contribution in [3.05, 3.63) is 63.9 Å². The zero-order chi connectivity index (χ0) is 14.8. The van der Waals surface area contributed by atoms with E-state index in [4.69, 9.17) is 10.6 Å². The molecule has 0 spiro atoms. The number of nitrogens with one attached hydrogen (secondary N) is 1. The zero-order valence-electron chi connectivity index (χ0n) is 11.4.